The highest BCUT2D eigenvalue weighted by Crippen LogP contribution is 2.32. The Kier molecular flexibility index (Phi) is 5.10. The predicted octanol–water partition coefficient (Wildman–Crippen LogP) is 6.86. The average Bonchev–Trinajstić information content (AvgIpc) is 2.73. The molecule has 0 unspecified atom stereocenters. The molecule has 0 bridgehead atoms. The van der Waals surface area contributed by atoms with Crippen LogP contribution in [0.4, 0.5) is 5.69 Å². The van der Waals surface area contributed by atoms with Crippen molar-refractivity contribution in [3.63, 3.8) is 0 Å². The van der Waals surface area contributed by atoms with Gasteiger partial charge in [0.1, 0.15) is 0 Å². The molecule has 0 heterocycles. The van der Waals surface area contributed by atoms with Gasteiger partial charge in [-0.2, -0.15) is 0 Å². The Balaban J connectivity index is 1.58. The van der Waals surface area contributed by atoms with Crippen molar-refractivity contribution in [1.29, 1.82) is 0 Å². The van der Waals surface area contributed by atoms with E-state index in [4.69, 9.17) is 0 Å². The number of fused-ring (bicyclic) bond motifs is 1. The van der Waals surface area contributed by atoms with E-state index in [0.29, 0.717) is 0 Å². The first-order valence-corrected chi connectivity index (χ1v) is 10.2. The van der Waals surface area contributed by atoms with Gasteiger partial charge in [0.05, 0.1) is 0 Å². The Morgan fingerprint density at radius 1 is 0.897 bits per heavy atom. The number of allylic oxidation sites excluding steroid dienone is 1. The standard InChI is InChI=1S/C27H27NO/c1-27(2,3)25-14-7-6-12-24(25)26(29)28-21-17-15-20(16-18-21)23-13-8-10-19-9-4-5-11-22(19)23/h5-8,10-18H,4,9H2,1-3H3,(H,28,29). The van der Waals surface area contributed by atoms with Crippen LogP contribution >= 0.6 is 0 Å². The molecule has 1 amide bonds. The lowest BCUT2D eigenvalue weighted by Gasteiger charge is -2.22. The molecule has 0 radical (unpaired) electrons. The molecule has 3 aromatic rings. The number of amides is 1. The maximum atomic E-state index is 12.9. The second-order valence-corrected chi connectivity index (χ2v) is 8.65. The first kappa shape index (κ1) is 19.2. The summed E-state index contributed by atoms with van der Waals surface area (Å²) in [4.78, 5) is 12.9. The summed E-state index contributed by atoms with van der Waals surface area (Å²) in [5.41, 5.74) is 7.63. The Morgan fingerprint density at radius 3 is 2.41 bits per heavy atom. The van der Waals surface area contributed by atoms with Crippen LogP contribution < -0.4 is 5.32 Å². The number of aryl methyl sites for hydroxylation is 1. The van der Waals surface area contributed by atoms with Crippen molar-refractivity contribution in [2.75, 3.05) is 5.32 Å². The minimum absolute atomic E-state index is 0.0664. The summed E-state index contributed by atoms with van der Waals surface area (Å²) in [6, 6.07) is 22.5. The van der Waals surface area contributed by atoms with E-state index in [1.165, 1.54) is 22.3 Å². The summed E-state index contributed by atoms with van der Waals surface area (Å²) in [7, 11) is 0. The zero-order valence-corrected chi connectivity index (χ0v) is 17.3. The lowest BCUT2D eigenvalue weighted by Crippen LogP contribution is -2.20. The summed E-state index contributed by atoms with van der Waals surface area (Å²) < 4.78 is 0. The third-order valence-electron chi connectivity index (χ3n) is 5.49. The SMILES string of the molecule is CC(C)(C)c1ccccc1C(=O)Nc1ccc(-c2cccc3c2C=CCC3)cc1. The number of nitrogens with one attached hydrogen (secondary N) is 1. The van der Waals surface area contributed by atoms with Crippen LogP contribution in [0.15, 0.2) is 72.8 Å². The fraction of sp³-hybridized carbons (Fsp3) is 0.222. The number of carbonyl (C=O) groups is 1. The lowest BCUT2D eigenvalue weighted by molar-refractivity contribution is 0.102. The molecule has 0 spiro atoms. The van der Waals surface area contributed by atoms with Crippen LogP contribution in [0.2, 0.25) is 0 Å². The highest BCUT2D eigenvalue weighted by Gasteiger charge is 2.21. The zero-order chi connectivity index (χ0) is 20.4. The van der Waals surface area contributed by atoms with Crippen LogP contribution in [0.1, 0.15) is 54.2 Å². The fourth-order valence-corrected chi connectivity index (χ4v) is 3.99. The van der Waals surface area contributed by atoms with E-state index in [0.717, 1.165) is 29.7 Å². The van der Waals surface area contributed by atoms with Crippen molar-refractivity contribution < 1.29 is 4.79 Å². The quantitative estimate of drug-likeness (QED) is 0.527. The van der Waals surface area contributed by atoms with Crippen LogP contribution in [0.25, 0.3) is 17.2 Å². The number of hydrogen-bond donors (Lipinski definition) is 1. The second-order valence-electron chi connectivity index (χ2n) is 8.65. The monoisotopic (exact) mass is 381 g/mol. The van der Waals surface area contributed by atoms with E-state index in [1.807, 2.05) is 36.4 Å². The van der Waals surface area contributed by atoms with Crippen molar-refractivity contribution in [3.05, 3.63) is 95.1 Å². The maximum absolute atomic E-state index is 12.9. The topological polar surface area (TPSA) is 29.1 Å². The van der Waals surface area contributed by atoms with E-state index in [2.05, 4.69) is 68.6 Å². The molecule has 29 heavy (non-hydrogen) atoms. The van der Waals surface area contributed by atoms with Gasteiger partial charge in [0.15, 0.2) is 0 Å². The van der Waals surface area contributed by atoms with E-state index >= 15 is 0 Å². The van der Waals surface area contributed by atoms with Crippen molar-refractivity contribution in [1.82, 2.24) is 0 Å². The van der Waals surface area contributed by atoms with Gasteiger partial charge in [-0.1, -0.05) is 81.5 Å². The molecule has 1 aliphatic carbocycles. The van der Waals surface area contributed by atoms with Gasteiger partial charge in [-0.15, -0.1) is 0 Å². The minimum atomic E-state index is -0.0856. The van der Waals surface area contributed by atoms with Gasteiger partial charge >= 0.3 is 0 Å². The molecule has 1 aliphatic rings. The molecule has 0 saturated carbocycles. The Morgan fingerprint density at radius 2 is 1.66 bits per heavy atom. The molecule has 0 atom stereocenters. The molecule has 0 aromatic heterocycles. The van der Waals surface area contributed by atoms with Gasteiger partial charge in [-0.05, 0) is 64.3 Å². The molecule has 2 nitrogen and oxygen atoms in total. The number of hydrogen-bond acceptors (Lipinski definition) is 1. The van der Waals surface area contributed by atoms with Gasteiger partial charge in [0.25, 0.3) is 5.91 Å². The molecular formula is C27H27NO. The molecule has 146 valence electrons. The van der Waals surface area contributed by atoms with Crippen LogP contribution in [0, 0.1) is 0 Å². The van der Waals surface area contributed by atoms with Gasteiger partial charge in [-0.25, -0.2) is 0 Å². The predicted molar refractivity (Wildman–Crippen MR) is 122 cm³/mol. The van der Waals surface area contributed by atoms with Gasteiger partial charge in [0.2, 0.25) is 0 Å². The van der Waals surface area contributed by atoms with E-state index in [-0.39, 0.29) is 11.3 Å². The molecule has 0 fully saturated rings. The van der Waals surface area contributed by atoms with Crippen LogP contribution in [-0.4, -0.2) is 5.91 Å². The van der Waals surface area contributed by atoms with Crippen LogP contribution in [0.5, 0.6) is 0 Å². The first-order chi connectivity index (χ1) is 13.9. The average molecular weight is 382 g/mol. The van der Waals surface area contributed by atoms with E-state index in [9.17, 15) is 4.79 Å². The first-order valence-electron chi connectivity index (χ1n) is 10.2. The van der Waals surface area contributed by atoms with Gasteiger partial charge < -0.3 is 5.32 Å². The van der Waals surface area contributed by atoms with E-state index < -0.39 is 0 Å². The summed E-state index contributed by atoms with van der Waals surface area (Å²) in [6.07, 6.45) is 6.68. The molecule has 0 aliphatic heterocycles. The fourth-order valence-electron chi connectivity index (χ4n) is 3.99. The van der Waals surface area contributed by atoms with E-state index in [1.54, 1.807) is 0 Å². The largest absolute Gasteiger partial charge is 0.322 e. The normalized spacial score (nSPS) is 13.1. The lowest BCUT2D eigenvalue weighted by atomic mass is 9.83. The minimum Gasteiger partial charge on any atom is -0.322 e. The third kappa shape index (κ3) is 4.02. The third-order valence-corrected chi connectivity index (χ3v) is 5.49. The molecule has 2 heteroatoms. The number of anilines is 1. The molecule has 0 saturated heterocycles. The number of carbonyl (C=O) groups excluding carboxylic acids is 1. The number of rotatable bonds is 3. The summed E-state index contributed by atoms with van der Waals surface area (Å²) in [5, 5.41) is 3.06. The second kappa shape index (κ2) is 7.71. The maximum Gasteiger partial charge on any atom is 0.255 e. The van der Waals surface area contributed by atoms with Gasteiger partial charge in [-0.3, -0.25) is 4.79 Å². The smallest absolute Gasteiger partial charge is 0.255 e. The highest BCUT2D eigenvalue weighted by molar-refractivity contribution is 6.05. The Bertz CT molecular complexity index is 1070. The Labute approximate surface area is 173 Å². The summed E-state index contributed by atoms with van der Waals surface area (Å²) >= 11 is 0. The van der Waals surface area contributed by atoms with Crippen molar-refractivity contribution in [2.45, 2.75) is 39.0 Å². The molecule has 4 rings (SSSR count). The van der Waals surface area contributed by atoms with Crippen molar-refractivity contribution in [3.8, 4) is 11.1 Å². The zero-order valence-electron chi connectivity index (χ0n) is 17.3. The molecular weight excluding hydrogens is 354 g/mol. The summed E-state index contributed by atoms with van der Waals surface area (Å²) in [5.74, 6) is -0.0664. The molecule has 3 aromatic carbocycles. The van der Waals surface area contributed by atoms with Crippen molar-refractivity contribution >= 4 is 17.7 Å². The number of benzene rings is 3. The highest BCUT2D eigenvalue weighted by atomic mass is 16.1. The van der Waals surface area contributed by atoms with Crippen LogP contribution in [0.3, 0.4) is 0 Å². The van der Waals surface area contributed by atoms with Gasteiger partial charge in [0, 0.05) is 11.3 Å². The van der Waals surface area contributed by atoms with Crippen LogP contribution in [-0.2, 0) is 11.8 Å². The molecule has 1 N–H and O–H groups in total. The van der Waals surface area contributed by atoms with Crippen molar-refractivity contribution in [2.24, 2.45) is 0 Å². The summed E-state index contributed by atoms with van der Waals surface area (Å²) in [6.45, 7) is 6.38. The Hall–Kier alpha value is -3.13.